The molecule has 11 heteroatoms. The van der Waals surface area contributed by atoms with E-state index in [0.29, 0.717) is 11.3 Å². The maximum atomic E-state index is 14.4. The molecule has 0 saturated carbocycles. The number of carbonyl (C=O) groups is 1. The zero-order chi connectivity index (χ0) is 26.8. The highest BCUT2D eigenvalue weighted by atomic mass is 19.4. The van der Waals surface area contributed by atoms with Crippen LogP contribution in [0, 0.1) is 5.82 Å². The minimum absolute atomic E-state index is 0.0224. The second-order valence-electron chi connectivity index (χ2n) is 9.86. The van der Waals surface area contributed by atoms with E-state index in [1.54, 1.807) is 6.07 Å². The molecule has 1 aromatic heterocycles. The quantitative estimate of drug-likeness (QED) is 0.331. The lowest BCUT2D eigenvalue weighted by atomic mass is 9.86. The van der Waals surface area contributed by atoms with Gasteiger partial charge >= 0.3 is 6.18 Å². The van der Waals surface area contributed by atoms with Crippen molar-refractivity contribution in [1.29, 1.82) is 0 Å². The Morgan fingerprint density at radius 3 is 2.49 bits per heavy atom. The average molecular weight is 517 g/mol. The number of hydrogen-bond donors (Lipinski definition) is 4. The minimum Gasteiger partial charge on any atom is -0.343 e. The third-order valence-corrected chi connectivity index (χ3v) is 5.87. The Morgan fingerprint density at radius 1 is 1.03 bits per heavy atom. The number of fused-ring (bicyclic) bond motifs is 1. The first-order chi connectivity index (χ1) is 17.4. The molecule has 3 aromatic rings. The third kappa shape index (κ3) is 6.73. The fourth-order valence-corrected chi connectivity index (χ4v) is 3.98. The van der Waals surface area contributed by atoms with Crippen LogP contribution in [0.25, 0.3) is 0 Å². The summed E-state index contributed by atoms with van der Waals surface area (Å²) in [7, 11) is 0. The summed E-state index contributed by atoms with van der Waals surface area (Å²) in [6.07, 6.45) is -2.55. The fraction of sp³-hybridized carbons (Fsp3) is 0.346. The second kappa shape index (κ2) is 10.3. The summed E-state index contributed by atoms with van der Waals surface area (Å²) in [6, 6.07) is 10.2. The first kappa shape index (κ1) is 26.3. The van der Waals surface area contributed by atoms with E-state index >= 15 is 0 Å². The summed E-state index contributed by atoms with van der Waals surface area (Å²) in [5, 5.41) is 11.2. The summed E-state index contributed by atoms with van der Waals surface area (Å²) >= 11 is 0. The van der Waals surface area contributed by atoms with Crippen molar-refractivity contribution < 1.29 is 22.4 Å². The van der Waals surface area contributed by atoms with E-state index in [4.69, 9.17) is 0 Å². The lowest BCUT2D eigenvalue weighted by Gasteiger charge is -2.21. The molecule has 4 N–H and O–H groups in total. The summed E-state index contributed by atoms with van der Waals surface area (Å²) in [5.41, 5.74) is 3.27. The predicted molar refractivity (Wildman–Crippen MR) is 134 cm³/mol. The Balaban J connectivity index is 1.66. The molecule has 0 saturated heterocycles. The summed E-state index contributed by atoms with van der Waals surface area (Å²) in [6.45, 7) is 5.72. The van der Waals surface area contributed by atoms with E-state index in [0.717, 1.165) is 31.4 Å². The van der Waals surface area contributed by atoms with Crippen LogP contribution in [0.3, 0.4) is 0 Å². The molecule has 2 heterocycles. The van der Waals surface area contributed by atoms with Crippen LogP contribution in [-0.2, 0) is 18.4 Å². The van der Waals surface area contributed by atoms with Crippen molar-refractivity contribution in [3.05, 3.63) is 70.7 Å². The molecule has 0 spiro atoms. The summed E-state index contributed by atoms with van der Waals surface area (Å²) in [5.74, 6) is -1.27. The molecule has 7 nitrogen and oxygen atoms in total. The van der Waals surface area contributed by atoms with Crippen molar-refractivity contribution in [3.63, 3.8) is 0 Å². The monoisotopic (exact) mass is 516 g/mol. The Bertz CT molecular complexity index is 1300. The van der Waals surface area contributed by atoms with E-state index in [-0.39, 0.29) is 17.3 Å². The Morgan fingerprint density at radius 2 is 1.76 bits per heavy atom. The Kier molecular flexibility index (Phi) is 7.35. The molecular formula is C26H28F4N6O. The van der Waals surface area contributed by atoms with Gasteiger partial charge in [-0.05, 0) is 65.4 Å². The van der Waals surface area contributed by atoms with Crippen LogP contribution >= 0.6 is 0 Å². The average Bonchev–Trinajstić information content (AvgIpc) is 2.83. The minimum atomic E-state index is -4.58. The molecule has 0 radical (unpaired) electrons. The Labute approximate surface area is 212 Å². The first-order valence-corrected chi connectivity index (χ1v) is 11.8. The molecule has 0 atom stereocenters. The molecule has 1 aliphatic heterocycles. The number of carbonyl (C=O) groups excluding carboxylic acids is 1. The number of alkyl halides is 3. The predicted octanol–water partition coefficient (Wildman–Crippen LogP) is 5.34. The van der Waals surface area contributed by atoms with Crippen molar-refractivity contribution in [3.8, 4) is 0 Å². The van der Waals surface area contributed by atoms with Crippen LogP contribution in [-0.4, -0.2) is 35.1 Å². The van der Waals surface area contributed by atoms with Crippen molar-refractivity contribution in [2.45, 2.75) is 45.3 Å². The Hall–Kier alpha value is -3.73. The molecular weight excluding hydrogens is 488 g/mol. The van der Waals surface area contributed by atoms with Gasteiger partial charge in [-0.1, -0.05) is 26.8 Å². The number of hydrogen-bond acceptors (Lipinski definition) is 6. The number of rotatable bonds is 6. The van der Waals surface area contributed by atoms with Crippen LogP contribution in [0.15, 0.2) is 42.6 Å². The fourth-order valence-electron chi connectivity index (χ4n) is 3.98. The van der Waals surface area contributed by atoms with Gasteiger partial charge in [0.15, 0.2) is 0 Å². The molecule has 0 aliphatic carbocycles. The van der Waals surface area contributed by atoms with E-state index in [9.17, 15) is 22.4 Å². The van der Waals surface area contributed by atoms with Crippen molar-refractivity contribution in [1.82, 2.24) is 20.6 Å². The maximum absolute atomic E-state index is 14.4. The topological polar surface area (TPSA) is 91.0 Å². The lowest BCUT2D eigenvalue weighted by molar-refractivity contribution is -0.123. The van der Waals surface area contributed by atoms with Gasteiger partial charge in [-0.3, -0.25) is 4.79 Å². The van der Waals surface area contributed by atoms with Crippen LogP contribution in [0.4, 0.5) is 40.7 Å². The smallest absolute Gasteiger partial charge is 0.343 e. The molecule has 2 aromatic carbocycles. The van der Waals surface area contributed by atoms with Gasteiger partial charge in [-0.25, -0.2) is 9.37 Å². The highest BCUT2D eigenvalue weighted by Crippen LogP contribution is 2.30. The van der Waals surface area contributed by atoms with Gasteiger partial charge in [0.2, 0.25) is 5.95 Å². The number of anilines is 4. The van der Waals surface area contributed by atoms with Gasteiger partial charge in [-0.15, -0.1) is 0 Å². The highest BCUT2D eigenvalue weighted by Gasteiger charge is 2.29. The third-order valence-electron chi connectivity index (χ3n) is 5.87. The van der Waals surface area contributed by atoms with Crippen molar-refractivity contribution in [2.24, 2.45) is 0 Å². The van der Waals surface area contributed by atoms with Gasteiger partial charge in [0.1, 0.15) is 23.7 Å². The number of benzene rings is 2. The molecule has 0 fully saturated rings. The van der Waals surface area contributed by atoms with Gasteiger partial charge in [0, 0.05) is 24.1 Å². The normalized spacial score (nSPS) is 13.6. The van der Waals surface area contributed by atoms with E-state index in [1.807, 2.05) is 44.3 Å². The zero-order valence-corrected chi connectivity index (χ0v) is 20.7. The van der Waals surface area contributed by atoms with Crippen molar-refractivity contribution in [2.75, 3.05) is 23.7 Å². The standard InChI is InChI=1S/C26H28F4N6O/c1-25(2,3)20-11-18(6-7-21(20)27)34-22-19(23(37)33-14-26(28,29)30)13-32-24(36-22)35-17-5-4-16-12-31-9-8-15(16)10-17/h4-7,10-11,13,31H,8-9,12,14H2,1-3H3,(H,33,37)(H2,32,34,35,36). The maximum Gasteiger partial charge on any atom is 0.405 e. The van der Waals surface area contributed by atoms with Gasteiger partial charge in [-0.2, -0.15) is 18.2 Å². The molecule has 196 valence electrons. The molecule has 1 aliphatic rings. The summed E-state index contributed by atoms with van der Waals surface area (Å²) < 4.78 is 52.5. The molecule has 0 unspecified atom stereocenters. The SMILES string of the molecule is CC(C)(C)c1cc(Nc2nc(Nc3ccc4c(c3)CCNC4)ncc2C(=O)NCC(F)(F)F)ccc1F. The van der Waals surface area contributed by atoms with Crippen LogP contribution < -0.4 is 21.3 Å². The largest absolute Gasteiger partial charge is 0.405 e. The molecule has 4 rings (SSSR count). The van der Waals surface area contributed by atoms with Crippen molar-refractivity contribution >= 4 is 29.0 Å². The van der Waals surface area contributed by atoms with E-state index < -0.39 is 29.9 Å². The zero-order valence-electron chi connectivity index (χ0n) is 20.7. The number of nitrogens with one attached hydrogen (secondary N) is 4. The van der Waals surface area contributed by atoms with Crippen LogP contribution in [0.2, 0.25) is 0 Å². The molecule has 0 bridgehead atoms. The highest BCUT2D eigenvalue weighted by molar-refractivity contribution is 5.99. The number of amides is 1. The van der Waals surface area contributed by atoms with Gasteiger partial charge < -0.3 is 21.3 Å². The molecule has 1 amide bonds. The van der Waals surface area contributed by atoms with E-state index in [1.165, 1.54) is 23.3 Å². The van der Waals surface area contributed by atoms with Gasteiger partial charge in [0.05, 0.1) is 0 Å². The van der Waals surface area contributed by atoms with Crippen LogP contribution in [0.5, 0.6) is 0 Å². The number of nitrogens with zero attached hydrogens (tertiary/aromatic N) is 2. The molecule has 37 heavy (non-hydrogen) atoms. The lowest BCUT2D eigenvalue weighted by Crippen LogP contribution is -2.34. The second-order valence-corrected chi connectivity index (χ2v) is 9.86. The number of aromatic nitrogens is 2. The van der Waals surface area contributed by atoms with Gasteiger partial charge in [0.25, 0.3) is 5.91 Å². The van der Waals surface area contributed by atoms with Crippen LogP contribution in [0.1, 0.15) is 47.8 Å². The number of halogens is 4. The summed E-state index contributed by atoms with van der Waals surface area (Å²) in [4.78, 5) is 21.1. The van der Waals surface area contributed by atoms with E-state index in [2.05, 4.69) is 25.9 Å². The first-order valence-electron chi connectivity index (χ1n) is 11.8.